The van der Waals surface area contributed by atoms with Gasteiger partial charge in [-0.15, -0.1) is 0 Å². The highest BCUT2D eigenvalue weighted by Gasteiger charge is 2.32. The molecule has 0 fully saturated rings. The van der Waals surface area contributed by atoms with Crippen LogP contribution in [0.25, 0.3) is 0 Å². The van der Waals surface area contributed by atoms with Crippen LogP contribution in [0.3, 0.4) is 0 Å². The molecule has 0 aliphatic heterocycles. The number of rotatable bonds is 13. The van der Waals surface area contributed by atoms with E-state index in [-0.39, 0.29) is 24.2 Å². The highest BCUT2D eigenvalue weighted by atomic mass is 16.5. The van der Waals surface area contributed by atoms with Gasteiger partial charge in [0, 0.05) is 31.8 Å². The van der Waals surface area contributed by atoms with Crippen molar-refractivity contribution in [1.82, 2.24) is 10.2 Å². The van der Waals surface area contributed by atoms with Gasteiger partial charge in [-0.05, 0) is 40.8 Å². The SMILES string of the molecule is CCCNC(=O)[C@@H](Cc1ccccc1)N(Cc1cccc(OC)c1)C(=O)CC(c1ccccc1)c1ccccc1. The summed E-state index contributed by atoms with van der Waals surface area (Å²) < 4.78 is 5.45. The Balaban J connectivity index is 1.73. The van der Waals surface area contributed by atoms with Crippen molar-refractivity contribution in [2.45, 2.75) is 44.7 Å². The molecule has 0 aromatic heterocycles. The Labute approximate surface area is 237 Å². The fourth-order valence-corrected chi connectivity index (χ4v) is 4.98. The summed E-state index contributed by atoms with van der Waals surface area (Å²) in [5, 5.41) is 3.06. The largest absolute Gasteiger partial charge is 0.497 e. The quantitative estimate of drug-likeness (QED) is 0.216. The first-order valence-corrected chi connectivity index (χ1v) is 13.9. The Morgan fingerprint density at radius 1 is 0.775 bits per heavy atom. The fourth-order valence-electron chi connectivity index (χ4n) is 4.98. The number of carbonyl (C=O) groups excluding carboxylic acids is 2. The maximum Gasteiger partial charge on any atom is 0.243 e. The van der Waals surface area contributed by atoms with Crippen molar-refractivity contribution < 1.29 is 14.3 Å². The standard InChI is InChI=1S/C35H38N2O3/c1-3-22-36-35(39)33(24-27-14-7-4-8-15-27)37(26-28-16-13-21-31(23-28)40-2)34(38)25-32(29-17-9-5-10-18-29)30-19-11-6-12-20-30/h4-21,23,32-33H,3,22,24-26H2,1-2H3,(H,36,39)/t33-/m1/s1. The average molecular weight is 535 g/mol. The first kappa shape index (κ1) is 28.6. The molecule has 4 aromatic rings. The van der Waals surface area contributed by atoms with Gasteiger partial charge in [0.2, 0.25) is 11.8 Å². The van der Waals surface area contributed by atoms with Crippen molar-refractivity contribution in [3.8, 4) is 5.75 Å². The number of carbonyl (C=O) groups is 2. The lowest BCUT2D eigenvalue weighted by Crippen LogP contribution is -2.50. The van der Waals surface area contributed by atoms with Gasteiger partial charge in [0.25, 0.3) is 0 Å². The van der Waals surface area contributed by atoms with E-state index in [1.165, 1.54) is 0 Å². The Morgan fingerprint density at radius 2 is 1.35 bits per heavy atom. The molecule has 0 saturated heterocycles. The monoisotopic (exact) mass is 534 g/mol. The third-order valence-electron chi connectivity index (χ3n) is 7.09. The molecule has 1 N–H and O–H groups in total. The number of nitrogens with one attached hydrogen (secondary N) is 1. The Kier molecular flexibility index (Phi) is 10.5. The molecule has 0 unspecified atom stereocenters. The zero-order valence-corrected chi connectivity index (χ0v) is 23.3. The van der Waals surface area contributed by atoms with E-state index in [0.717, 1.165) is 28.7 Å². The van der Waals surface area contributed by atoms with Crippen molar-refractivity contribution in [3.05, 3.63) is 138 Å². The summed E-state index contributed by atoms with van der Waals surface area (Å²) in [5.41, 5.74) is 4.05. The smallest absolute Gasteiger partial charge is 0.243 e. The van der Waals surface area contributed by atoms with Gasteiger partial charge >= 0.3 is 0 Å². The molecule has 1 atom stereocenters. The van der Waals surface area contributed by atoms with E-state index in [1.54, 1.807) is 12.0 Å². The molecule has 4 rings (SSSR count). The first-order chi connectivity index (χ1) is 19.6. The average Bonchev–Trinajstić information content (AvgIpc) is 3.01. The highest BCUT2D eigenvalue weighted by Crippen LogP contribution is 2.30. The molecular weight excluding hydrogens is 496 g/mol. The third kappa shape index (κ3) is 7.82. The molecule has 4 aromatic carbocycles. The Morgan fingerprint density at radius 3 is 1.93 bits per heavy atom. The highest BCUT2D eigenvalue weighted by molar-refractivity contribution is 5.88. The van der Waals surface area contributed by atoms with Crippen LogP contribution in [0, 0.1) is 0 Å². The van der Waals surface area contributed by atoms with Gasteiger partial charge in [0.1, 0.15) is 11.8 Å². The van der Waals surface area contributed by atoms with E-state index in [2.05, 4.69) is 29.6 Å². The summed E-state index contributed by atoms with van der Waals surface area (Å²) in [6.07, 6.45) is 1.48. The maximum absolute atomic E-state index is 14.4. The van der Waals surface area contributed by atoms with Gasteiger partial charge in [0.15, 0.2) is 0 Å². The van der Waals surface area contributed by atoms with Crippen LogP contribution in [0.5, 0.6) is 5.75 Å². The molecule has 0 aliphatic carbocycles. The van der Waals surface area contributed by atoms with Gasteiger partial charge < -0.3 is 15.0 Å². The lowest BCUT2D eigenvalue weighted by atomic mass is 9.87. The van der Waals surface area contributed by atoms with Crippen LogP contribution >= 0.6 is 0 Å². The van der Waals surface area contributed by atoms with Gasteiger partial charge in [-0.2, -0.15) is 0 Å². The zero-order valence-electron chi connectivity index (χ0n) is 23.3. The second-order valence-corrected chi connectivity index (χ2v) is 9.95. The van der Waals surface area contributed by atoms with E-state index < -0.39 is 6.04 Å². The van der Waals surface area contributed by atoms with Crippen LogP contribution in [0.1, 0.15) is 47.9 Å². The van der Waals surface area contributed by atoms with Crippen LogP contribution in [-0.4, -0.2) is 36.4 Å². The summed E-state index contributed by atoms with van der Waals surface area (Å²) in [7, 11) is 1.63. The number of ether oxygens (including phenoxy) is 1. The van der Waals surface area contributed by atoms with Gasteiger partial charge in [0.05, 0.1) is 7.11 Å². The Bertz CT molecular complexity index is 1300. The summed E-state index contributed by atoms with van der Waals surface area (Å²) in [5.74, 6) is 0.358. The van der Waals surface area contributed by atoms with Crippen molar-refractivity contribution in [2.24, 2.45) is 0 Å². The van der Waals surface area contributed by atoms with Crippen molar-refractivity contribution in [2.75, 3.05) is 13.7 Å². The molecule has 0 aliphatic rings. The number of hydrogen-bond donors (Lipinski definition) is 1. The second kappa shape index (κ2) is 14.7. The van der Waals surface area contributed by atoms with Crippen molar-refractivity contribution in [1.29, 1.82) is 0 Å². The lowest BCUT2D eigenvalue weighted by Gasteiger charge is -2.33. The molecule has 0 heterocycles. The number of benzene rings is 4. The molecular formula is C35H38N2O3. The number of methoxy groups -OCH3 is 1. The lowest BCUT2D eigenvalue weighted by molar-refractivity contribution is -0.141. The van der Waals surface area contributed by atoms with Crippen LogP contribution in [0.2, 0.25) is 0 Å². The van der Waals surface area contributed by atoms with E-state index in [1.807, 2.05) is 97.9 Å². The maximum atomic E-state index is 14.4. The van der Waals surface area contributed by atoms with E-state index in [9.17, 15) is 9.59 Å². The van der Waals surface area contributed by atoms with Gasteiger partial charge in [-0.25, -0.2) is 0 Å². The molecule has 0 saturated carbocycles. The minimum atomic E-state index is -0.667. The molecule has 0 radical (unpaired) electrons. The molecule has 5 nitrogen and oxygen atoms in total. The molecule has 0 spiro atoms. The predicted octanol–water partition coefficient (Wildman–Crippen LogP) is 6.38. The summed E-state index contributed by atoms with van der Waals surface area (Å²) >= 11 is 0. The van der Waals surface area contributed by atoms with E-state index >= 15 is 0 Å². The van der Waals surface area contributed by atoms with Crippen molar-refractivity contribution >= 4 is 11.8 Å². The predicted molar refractivity (Wildman–Crippen MR) is 160 cm³/mol. The van der Waals surface area contributed by atoms with Crippen molar-refractivity contribution in [3.63, 3.8) is 0 Å². The van der Waals surface area contributed by atoms with Crippen LogP contribution in [0.4, 0.5) is 0 Å². The minimum Gasteiger partial charge on any atom is -0.497 e. The summed E-state index contributed by atoms with van der Waals surface area (Å²) in [4.78, 5) is 29.8. The number of hydrogen-bond acceptors (Lipinski definition) is 3. The Hall–Kier alpha value is -4.38. The number of amides is 2. The molecule has 40 heavy (non-hydrogen) atoms. The topological polar surface area (TPSA) is 58.6 Å². The first-order valence-electron chi connectivity index (χ1n) is 13.9. The molecule has 5 heteroatoms. The van der Waals surface area contributed by atoms with Crippen LogP contribution in [0.15, 0.2) is 115 Å². The second-order valence-electron chi connectivity index (χ2n) is 9.95. The normalized spacial score (nSPS) is 11.6. The summed E-state index contributed by atoms with van der Waals surface area (Å²) in [6, 6.07) is 37.1. The van der Waals surface area contributed by atoms with Gasteiger partial charge in [-0.3, -0.25) is 9.59 Å². The fraction of sp³-hybridized carbons (Fsp3) is 0.257. The van der Waals surface area contributed by atoms with Crippen LogP contribution in [-0.2, 0) is 22.6 Å². The summed E-state index contributed by atoms with van der Waals surface area (Å²) in [6.45, 7) is 2.88. The van der Waals surface area contributed by atoms with Crippen LogP contribution < -0.4 is 10.1 Å². The van der Waals surface area contributed by atoms with E-state index in [4.69, 9.17) is 4.74 Å². The molecule has 206 valence electrons. The van der Waals surface area contributed by atoms with Gasteiger partial charge in [-0.1, -0.05) is 110 Å². The number of nitrogens with zero attached hydrogens (tertiary/aromatic N) is 1. The third-order valence-corrected chi connectivity index (χ3v) is 7.09. The molecule has 0 bridgehead atoms. The zero-order chi connectivity index (χ0) is 28.2. The van der Waals surface area contributed by atoms with E-state index in [0.29, 0.717) is 25.3 Å². The minimum absolute atomic E-state index is 0.0758. The molecule has 2 amide bonds.